The number of carbonyl (C=O) groups is 1. The molecule has 0 amide bonds. The molecule has 1 fully saturated rings. The maximum absolute atomic E-state index is 13.7. The van der Waals surface area contributed by atoms with Crippen molar-refractivity contribution in [3.8, 4) is 5.75 Å². The molecule has 3 unspecified atom stereocenters. The highest BCUT2D eigenvalue weighted by Crippen LogP contribution is 2.48. The van der Waals surface area contributed by atoms with Crippen molar-refractivity contribution in [1.82, 2.24) is 14.6 Å². The lowest BCUT2D eigenvalue weighted by Gasteiger charge is -2.29. The lowest BCUT2D eigenvalue weighted by atomic mass is 10.1. The van der Waals surface area contributed by atoms with Gasteiger partial charge in [-0.1, -0.05) is 35.5 Å². The van der Waals surface area contributed by atoms with Gasteiger partial charge in [-0.2, -0.15) is 5.09 Å². The Kier molecular flexibility index (Phi) is 9.46. The average Bonchev–Trinajstić information content (AvgIpc) is 3.09. The Labute approximate surface area is 221 Å². The number of carbonyl (C=O) groups excluding carboxylic acids is 1. The van der Waals surface area contributed by atoms with E-state index in [0.717, 1.165) is 4.57 Å². The summed E-state index contributed by atoms with van der Waals surface area (Å²) in [5.41, 5.74) is 6.04. The van der Waals surface area contributed by atoms with Gasteiger partial charge in [0.1, 0.15) is 28.6 Å². The van der Waals surface area contributed by atoms with Crippen LogP contribution in [0.5, 0.6) is 5.75 Å². The third kappa shape index (κ3) is 6.87. The molecule has 0 radical (unpaired) electrons. The molecule has 0 aliphatic carbocycles. The van der Waals surface area contributed by atoms with Gasteiger partial charge < -0.3 is 24.2 Å². The summed E-state index contributed by atoms with van der Waals surface area (Å²) in [6.07, 6.45) is -4.51. The van der Waals surface area contributed by atoms with E-state index in [4.69, 9.17) is 30.7 Å². The number of H-pyrrole nitrogens is 1. The predicted octanol–water partition coefficient (Wildman–Crippen LogP) is 2.30. The summed E-state index contributed by atoms with van der Waals surface area (Å²) >= 11 is 4.89. The fourth-order valence-corrected chi connectivity index (χ4v) is 5.10. The molecule has 38 heavy (non-hydrogen) atoms. The van der Waals surface area contributed by atoms with E-state index in [1.807, 2.05) is 0 Å². The van der Waals surface area contributed by atoms with Crippen molar-refractivity contribution >= 4 is 25.9 Å². The van der Waals surface area contributed by atoms with E-state index >= 15 is 0 Å². The molecule has 2 aromatic rings. The smallest absolute Gasteiger partial charge is 0.459 e. The first-order chi connectivity index (χ1) is 17.9. The summed E-state index contributed by atoms with van der Waals surface area (Å²) in [6.45, 7) is 3.71. The van der Waals surface area contributed by atoms with Crippen LogP contribution < -0.4 is 15.3 Å². The van der Waals surface area contributed by atoms with Crippen LogP contribution in [0.15, 0.2) is 52.5 Å². The van der Waals surface area contributed by atoms with Crippen molar-refractivity contribution in [2.75, 3.05) is 6.61 Å². The van der Waals surface area contributed by atoms with Crippen molar-refractivity contribution in [2.45, 2.75) is 57.1 Å². The molecule has 1 aromatic heterocycles. The molecular formula is C21H27N6O9PS. The number of esters is 1. The zero-order chi connectivity index (χ0) is 28.1. The number of nitrogens with zero attached hydrogens (tertiary/aromatic N) is 4. The van der Waals surface area contributed by atoms with Gasteiger partial charge in [0.2, 0.25) is 5.72 Å². The van der Waals surface area contributed by atoms with Crippen LogP contribution in [0.25, 0.3) is 10.4 Å². The summed E-state index contributed by atoms with van der Waals surface area (Å²) in [5, 5.41) is 27.3. The standard InChI is InChI=1S/C21H27N6O9PS/c1-12(2)34-19(30)13(3)24-37(32,36-14-7-5-4-6-8-14)33-11-21(25-26-22)17(29)16(28)18(35-21)27-10-9-15(38)23-20(27)31/h4-10,12-13,16-18,28-29H,11H2,1-3H3,(H,24,32)(H,23,31,38)/t13-,16?,17?,18+,21+,37?/m0/s1. The fraction of sp³-hybridized carbons (Fsp3) is 0.476. The van der Waals surface area contributed by atoms with Crippen LogP contribution in [0.1, 0.15) is 27.0 Å². The maximum Gasteiger partial charge on any atom is 0.459 e. The quantitative estimate of drug-likeness (QED) is 0.0769. The van der Waals surface area contributed by atoms with Crippen molar-refractivity contribution in [1.29, 1.82) is 0 Å². The van der Waals surface area contributed by atoms with E-state index in [1.165, 1.54) is 31.3 Å². The number of azide groups is 1. The maximum atomic E-state index is 13.7. The number of aromatic amines is 1. The Morgan fingerprint density at radius 2 is 2.03 bits per heavy atom. The van der Waals surface area contributed by atoms with E-state index in [-0.39, 0.29) is 10.4 Å². The number of hydrogen-bond acceptors (Lipinski definition) is 11. The zero-order valence-corrected chi connectivity index (χ0v) is 22.2. The molecule has 1 aliphatic rings. The minimum Gasteiger partial charge on any atom is -0.462 e. The second-order valence-electron chi connectivity index (χ2n) is 8.51. The van der Waals surface area contributed by atoms with Gasteiger partial charge in [0.05, 0.1) is 12.7 Å². The Bertz CT molecular complexity index is 1350. The van der Waals surface area contributed by atoms with Crippen molar-refractivity contribution in [3.63, 3.8) is 0 Å². The Morgan fingerprint density at radius 3 is 2.63 bits per heavy atom. The number of ether oxygens (including phenoxy) is 2. The number of benzene rings is 1. The monoisotopic (exact) mass is 570 g/mol. The van der Waals surface area contributed by atoms with Crippen molar-refractivity contribution < 1.29 is 38.1 Å². The molecular weight excluding hydrogens is 543 g/mol. The molecule has 15 nitrogen and oxygen atoms in total. The highest BCUT2D eigenvalue weighted by molar-refractivity contribution is 7.71. The fourth-order valence-electron chi connectivity index (χ4n) is 3.44. The highest BCUT2D eigenvalue weighted by atomic mass is 32.1. The second kappa shape index (κ2) is 12.2. The lowest BCUT2D eigenvalue weighted by Crippen LogP contribution is -2.45. The largest absolute Gasteiger partial charge is 0.462 e. The molecule has 4 N–H and O–H groups in total. The molecule has 0 saturated carbocycles. The van der Waals surface area contributed by atoms with Gasteiger partial charge in [-0.15, -0.1) is 0 Å². The van der Waals surface area contributed by atoms with Gasteiger partial charge in [-0.05, 0) is 44.5 Å². The van der Waals surface area contributed by atoms with Crippen LogP contribution in [-0.2, 0) is 23.4 Å². The molecule has 0 bridgehead atoms. The third-order valence-electron chi connectivity index (χ3n) is 5.21. The first-order valence-corrected chi connectivity index (χ1v) is 13.2. The Hall–Kier alpha value is -3.07. The minimum absolute atomic E-state index is 0.0995. The Morgan fingerprint density at radius 1 is 1.34 bits per heavy atom. The predicted molar refractivity (Wildman–Crippen MR) is 134 cm³/mol. The second-order valence-corrected chi connectivity index (χ2v) is 10.6. The highest BCUT2D eigenvalue weighted by Gasteiger charge is 2.56. The first-order valence-electron chi connectivity index (χ1n) is 11.3. The van der Waals surface area contributed by atoms with Crippen LogP contribution in [0, 0.1) is 4.64 Å². The van der Waals surface area contributed by atoms with E-state index in [2.05, 4.69) is 20.1 Å². The van der Waals surface area contributed by atoms with Crippen LogP contribution in [0.3, 0.4) is 0 Å². The molecule has 6 atom stereocenters. The van der Waals surface area contributed by atoms with E-state index in [9.17, 15) is 29.9 Å². The first kappa shape index (κ1) is 29.5. The molecule has 0 spiro atoms. The van der Waals surface area contributed by atoms with Gasteiger partial charge in [-0.3, -0.25) is 18.9 Å². The molecule has 2 heterocycles. The average molecular weight is 571 g/mol. The normalized spacial score (nSPS) is 25.3. The van der Waals surface area contributed by atoms with Gasteiger partial charge in [0.25, 0.3) is 0 Å². The number of aliphatic hydroxyl groups is 2. The molecule has 206 valence electrons. The van der Waals surface area contributed by atoms with Crippen LogP contribution >= 0.6 is 20.0 Å². The van der Waals surface area contributed by atoms with Gasteiger partial charge in [0.15, 0.2) is 6.23 Å². The molecule has 3 rings (SSSR count). The lowest BCUT2D eigenvalue weighted by molar-refractivity contribution is -0.149. The van der Waals surface area contributed by atoms with E-state index < -0.39 is 62.3 Å². The van der Waals surface area contributed by atoms with E-state index in [0.29, 0.717) is 0 Å². The van der Waals surface area contributed by atoms with Gasteiger partial charge >= 0.3 is 19.4 Å². The number of rotatable bonds is 11. The number of hydrogen-bond donors (Lipinski definition) is 4. The van der Waals surface area contributed by atoms with Gasteiger partial charge in [-0.25, -0.2) is 9.36 Å². The van der Waals surface area contributed by atoms with Crippen LogP contribution in [-0.4, -0.2) is 62.4 Å². The van der Waals surface area contributed by atoms with Crippen molar-refractivity contribution in [2.24, 2.45) is 5.11 Å². The number of aromatic nitrogens is 2. The van der Waals surface area contributed by atoms with E-state index in [1.54, 1.807) is 32.0 Å². The molecule has 1 aliphatic heterocycles. The topological polar surface area (TPSA) is 210 Å². The third-order valence-corrected chi connectivity index (χ3v) is 7.07. The van der Waals surface area contributed by atoms with Crippen molar-refractivity contribution in [3.05, 3.63) is 68.2 Å². The zero-order valence-electron chi connectivity index (χ0n) is 20.5. The van der Waals surface area contributed by atoms with Gasteiger partial charge in [0, 0.05) is 11.1 Å². The number of nitrogens with one attached hydrogen (secondary N) is 2. The summed E-state index contributed by atoms with van der Waals surface area (Å²) < 4.78 is 36.5. The Balaban J connectivity index is 1.91. The van der Waals surface area contributed by atoms with Crippen LogP contribution in [0.2, 0.25) is 0 Å². The number of aliphatic hydroxyl groups excluding tert-OH is 2. The summed E-state index contributed by atoms with van der Waals surface area (Å²) in [4.78, 5) is 29.7. The summed E-state index contributed by atoms with van der Waals surface area (Å²) in [6, 6.07) is 8.01. The molecule has 1 saturated heterocycles. The SMILES string of the molecule is CC(C)OC(=O)[C@H](C)NP(=O)(OC[C@@]1(N=[N+]=[N-])O[C@@H](n2ccc(=S)[nH]c2=O)C(O)C1O)Oc1ccccc1. The summed E-state index contributed by atoms with van der Waals surface area (Å²) in [7, 11) is -4.46. The van der Waals surface area contributed by atoms with Crippen LogP contribution in [0.4, 0.5) is 0 Å². The summed E-state index contributed by atoms with van der Waals surface area (Å²) in [5.74, 6) is -0.652. The molecule has 1 aromatic carbocycles. The molecule has 17 heteroatoms. The minimum atomic E-state index is -4.46. The number of para-hydroxylation sites is 1.